The van der Waals surface area contributed by atoms with E-state index in [0.717, 1.165) is 16.7 Å². The van der Waals surface area contributed by atoms with E-state index in [4.69, 9.17) is 37.7 Å². The zero-order valence-corrected chi connectivity index (χ0v) is 24.8. The Labute approximate surface area is 252 Å². The van der Waals surface area contributed by atoms with Crippen molar-refractivity contribution in [1.29, 1.82) is 0 Å². The van der Waals surface area contributed by atoms with E-state index in [-0.39, 0.29) is 18.3 Å². The second-order valence-electron chi connectivity index (χ2n) is 9.30. The first-order chi connectivity index (χ1) is 19.7. The van der Waals surface area contributed by atoms with E-state index < -0.39 is 0 Å². The lowest BCUT2D eigenvalue weighted by molar-refractivity contribution is -0.113. The predicted octanol–water partition coefficient (Wildman–Crippen LogP) is 9.15. The Morgan fingerprint density at radius 1 is 0.927 bits per heavy atom. The highest BCUT2D eigenvalue weighted by Gasteiger charge is 2.35. The summed E-state index contributed by atoms with van der Waals surface area (Å²) in [4.78, 5) is 20.5. The highest BCUT2D eigenvalue weighted by Crippen LogP contribution is 2.39. The average molecular weight is 608 g/mol. The number of halogens is 3. The minimum absolute atomic E-state index is 0.0503. The Balaban J connectivity index is 1.47. The molecule has 4 aromatic rings. The Hall–Kier alpha value is -3.78. The molecule has 0 bridgehead atoms. The van der Waals surface area contributed by atoms with E-state index >= 15 is 0 Å². The van der Waals surface area contributed by atoms with E-state index in [1.165, 1.54) is 24.9 Å². The zero-order valence-electron chi connectivity index (χ0n) is 22.5. The maximum atomic E-state index is 14.0. The molecule has 0 aliphatic carbocycles. The number of carbonyl (C=O) groups is 1. The molecular formula is C32H25Cl2FN2O3S. The molecular weight excluding hydrogens is 582 g/mol. The number of amides is 1. The molecule has 1 amide bonds. The second-order valence-corrected chi connectivity index (χ2v) is 11.1. The lowest BCUT2D eigenvalue weighted by Gasteiger charge is -2.16. The first-order valence-electron chi connectivity index (χ1n) is 12.6. The molecule has 1 saturated heterocycles. The van der Waals surface area contributed by atoms with E-state index in [9.17, 15) is 9.18 Å². The number of nitrogens with zero attached hydrogens (tertiary/aromatic N) is 2. The average Bonchev–Trinajstić information content (AvgIpc) is 3.26. The molecule has 41 heavy (non-hydrogen) atoms. The van der Waals surface area contributed by atoms with Gasteiger partial charge in [-0.2, -0.15) is 0 Å². The molecule has 0 radical (unpaired) electrons. The van der Waals surface area contributed by atoms with Crippen molar-refractivity contribution in [3.05, 3.63) is 122 Å². The number of hydrogen-bond acceptors (Lipinski definition) is 5. The fraction of sp³-hybridized carbons (Fsp3) is 0.125. The van der Waals surface area contributed by atoms with Gasteiger partial charge < -0.3 is 9.47 Å². The highest BCUT2D eigenvalue weighted by molar-refractivity contribution is 8.19. The molecule has 1 aliphatic heterocycles. The summed E-state index contributed by atoms with van der Waals surface area (Å²) in [5.41, 5.74) is 4.22. The summed E-state index contributed by atoms with van der Waals surface area (Å²) in [7, 11) is 1.53. The summed E-state index contributed by atoms with van der Waals surface area (Å²) in [6.45, 7) is 3.87. The Morgan fingerprint density at radius 3 is 2.37 bits per heavy atom. The van der Waals surface area contributed by atoms with Crippen LogP contribution in [0.4, 0.5) is 15.8 Å². The van der Waals surface area contributed by atoms with Gasteiger partial charge >= 0.3 is 0 Å². The van der Waals surface area contributed by atoms with Gasteiger partial charge in [0.15, 0.2) is 16.7 Å². The van der Waals surface area contributed by atoms with E-state index in [1.54, 1.807) is 53.4 Å². The summed E-state index contributed by atoms with van der Waals surface area (Å²) >= 11 is 14.0. The molecule has 0 spiro atoms. The molecule has 1 fully saturated rings. The summed E-state index contributed by atoms with van der Waals surface area (Å²) in [6.07, 6.45) is 1.77. The van der Waals surface area contributed by atoms with Gasteiger partial charge in [-0.15, -0.1) is 0 Å². The van der Waals surface area contributed by atoms with Crippen molar-refractivity contribution in [2.45, 2.75) is 20.5 Å². The predicted molar refractivity (Wildman–Crippen MR) is 166 cm³/mol. The van der Waals surface area contributed by atoms with Gasteiger partial charge in [-0.1, -0.05) is 59.6 Å². The molecule has 1 heterocycles. The van der Waals surface area contributed by atoms with Gasteiger partial charge in [-0.25, -0.2) is 9.38 Å². The number of hydrogen-bond donors (Lipinski definition) is 0. The molecule has 0 aromatic heterocycles. The van der Waals surface area contributed by atoms with Crippen LogP contribution in [-0.2, 0) is 11.4 Å². The smallest absolute Gasteiger partial charge is 0.271 e. The quantitative estimate of drug-likeness (QED) is 0.197. The number of aliphatic imine (C=N–C) groups is 1. The molecule has 5 nitrogen and oxygen atoms in total. The number of ether oxygens (including phenoxy) is 2. The summed E-state index contributed by atoms with van der Waals surface area (Å²) in [6, 6.07) is 22.7. The zero-order chi connectivity index (χ0) is 29.1. The van der Waals surface area contributed by atoms with Crippen LogP contribution >= 0.6 is 35.0 Å². The molecule has 0 N–H and O–H groups in total. The summed E-state index contributed by atoms with van der Waals surface area (Å²) < 4.78 is 25.4. The molecule has 9 heteroatoms. The number of amidine groups is 1. The van der Waals surface area contributed by atoms with Crippen molar-refractivity contribution in [3.8, 4) is 11.5 Å². The molecule has 208 valence electrons. The Bertz CT molecular complexity index is 1710. The van der Waals surface area contributed by atoms with Crippen LogP contribution in [0.1, 0.15) is 22.3 Å². The van der Waals surface area contributed by atoms with Crippen molar-refractivity contribution in [2.75, 3.05) is 12.0 Å². The van der Waals surface area contributed by atoms with Gasteiger partial charge in [0.25, 0.3) is 5.91 Å². The van der Waals surface area contributed by atoms with Crippen LogP contribution in [0.25, 0.3) is 6.08 Å². The summed E-state index contributed by atoms with van der Waals surface area (Å²) in [5, 5.41) is 1.61. The Kier molecular flexibility index (Phi) is 8.68. The van der Waals surface area contributed by atoms with Crippen molar-refractivity contribution in [1.82, 2.24) is 0 Å². The largest absolute Gasteiger partial charge is 0.493 e. The molecule has 1 aliphatic rings. The lowest BCUT2D eigenvalue weighted by Crippen LogP contribution is -2.28. The topological polar surface area (TPSA) is 51.1 Å². The van der Waals surface area contributed by atoms with Crippen LogP contribution in [0.3, 0.4) is 0 Å². The number of aryl methyl sites for hydroxylation is 2. The SMILES string of the molecule is COc1cc(/C=C2/SC(=Nc3ccc(C)c(Cl)c3)N(c3ccc(C)c(Cl)c3)C2=O)ccc1OCc1ccccc1F. The van der Waals surface area contributed by atoms with Crippen LogP contribution in [0.5, 0.6) is 11.5 Å². The normalized spacial score (nSPS) is 15.2. The van der Waals surface area contributed by atoms with Gasteiger partial charge in [-0.3, -0.25) is 9.69 Å². The monoisotopic (exact) mass is 606 g/mol. The second kappa shape index (κ2) is 12.4. The van der Waals surface area contributed by atoms with Gasteiger partial charge in [0.2, 0.25) is 0 Å². The molecule has 4 aromatic carbocycles. The van der Waals surface area contributed by atoms with Crippen LogP contribution in [-0.4, -0.2) is 18.2 Å². The van der Waals surface area contributed by atoms with Gasteiger partial charge in [0.1, 0.15) is 12.4 Å². The minimum atomic E-state index is -0.339. The maximum Gasteiger partial charge on any atom is 0.271 e. The number of carbonyl (C=O) groups excluding carboxylic acids is 1. The summed E-state index contributed by atoms with van der Waals surface area (Å²) in [5.74, 6) is 0.328. The fourth-order valence-corrected chi connectivity index (χ4v) is 5.43. The fourth-order valence-electron chi connectivity index (χ4n) is 4.07. The van der Waals surface area contributed by atoms with Crippen LogP contribution in [0.2, 0.25) is 10.0 Å². The van der Waals surface area contributed by atoms with Crippen molar-refractivity contribution in [3.63, 3.8) is 0 Å². The molecule has 0 atom stereocenters. The van der Waals surface area contributed by atoms with Crippen LogP contribution in [0.15, 0.2) is 88.8 Å². The molecule has 5 rings (SSSR count). The maximum absolute atomic E-state index is 14.0. The van der Waals surface area contributed by atoms with Crippen LogP contribution in [0, 0.1) is 19.7 Å². The van der Waals surface area contributed by atoms with Gasteiger partial charge in [0.05, 0.1) is 23.4 Å². The van der Waals surface area contributed by atoms with E-state index in [0.29, 0.717) is 48.6 Å². The van der Waals surface area contributed by atoms with E-state index in [1.807, 2.05) is 44.2 Å². The third kappa shape index (κ3) is 6.43. The number of anilines is 1. The first-order valence-corrected chi connectivity index (χ1v) is 14.2. The lowest BCUT2D eigenvalue weighted by atomic mass is 10.1. The highest BCUT2D eigenvalue weighted by atomic mass is 35.5. The number of methoxy groups -OCH3 is 1. The Morgan fingerprint density at radius 2 is 1.66 bits per heavy atom. The minimum Gasteiger partial charge on any atom is -0.493 e. The number of benzene rings is 4. The third-order valence-corrected chi connectivity index (χ3v) is 8.21. The molecule has 0 unspecified atom stereocenters. The first kappa shape index (κ1) is 28.7. The molecule has 0 saturated carbocycles. The van der Waals surface area contributed by atoms with Crippen LogP contribution < -0.4 is 14.4 Å². The number of rotatable bonds is 7. The van der Waals surface area contributed by atoms with Crippen molar-refractivity contribution in [2.24, 2.45) is 4.99 Å². The standard InChI is InChI=1S/C32H25Cl2FN2O3S/c1-19-8-11-23(16-25(19)33)36-32-37(24-12-9-20(2)26(34)17-24)31(38)30(41-32)15-21-10-13-28(29(14-21)39-3)40-18-22-6-4-5-7-27(22)35/h4-17H,18H2,1-3H3/b30-15+,36-32?. The van der Waals surface area contributed by atoms with Gasteiger partial charge in [0, 0.05) is 15.6 Å². The van der Waals surface area contributed by atoms with Crippen molar-refractivity contribution >= 4 is 63.5 Å². The van der Waals surface area contributed by atoms with Crippen molar-refractivity contribution < 1.29 is 18.7 Å². The third-order valence-electron chi connectivity index (χ3n) is 6.43. The number of thioether (sulfide) groups is 1. The van der Waals surface area contributed by atoms with Gasteiger partial charge in [-0.05, 0) is 90.8 Å². The van der Waals surface area contributed by atoms with E-state index in [2.05, 4.69) is 0 Å².